The van der Waals surface area contributed by atoms with E-state index in [1.165, 1.54) is 17.0 Å². The number of hydrogen-bond donors (Lipinski definition) is 0. The molecule has 2 unspecified atom stereocenters. The van der Waals surface area contributed by atoms with Gasteiger partial charge in [0.15, 0.2) is 5.76 Å². The molecule has 26 heavy (non-hydrogen) atoms. The van der Waals surface area contributed by atoms with Crippen molar-refractivity contribution in [2.45, 2.75) is 31.1 Å². The molecule has 2 aliphatic heterocycles. The molecule has 2 aromatic heterocycles. The van der Waals surface area contributed by atoms with E-state index in [-0.39, 0.29) is 17.6 Å². The molecule has 2 saturated heterocycles. The molecule has 2 atom stereocenters. The van der Waals surface area contributed by atoms with E-state index in [0.29, 0.717) is 38.6 Å². The van der Waals surface area contributed by atoms with Gasteiger partial charge in [-0.1, -0.05) is 0 Å². The maximum Gasteiger partial charge on any atom is 0.289 e. The van der Waals surface area contributed by atoms with E-state index in [1.807, 2.05) is 0 Å². The zero-order valence-electron chi connectivity index (χ0n) is 14.4. The zero-order valence-corrected chi connectivity index (χ0v) is 14.4. The Kier molecular flexibility index (Phi) is 4.60. The molecule has 2 fully saturated rings. The van der Waals surface area contributed by atoms with Crippen molar-refractivity contribution in [1.82, 2.24) is 14.7 Å². The maximum absolute atomic E-state index is 12.6. The highest BCUT2D eigenvalue weighted by Crippen LogP contribution is 2.33. The van der Waals surface area contributed by atoms with Gasteiger partial charge in [-0.15, -0.1) is 0 Å². The maximum atomic E-state index is 12.6. The van der Waals surface area contributed by atoms with Gasteiger partial charge in [-0.3, -0.25) is 9.59 Å². The molecule has 8 heteroatoms. The van der Waals surface area contributed by atoms with Crippen molar-refractivity contribution in [3.8, 4) is 0 Å². The summed E-state index contributed by atoms with van der Waals surface area (Å²) in [6.07, 6.45) is 4.50. The van der Waals surface area contributed by atoms with Gasteiger partial charge in [-0.05, 0) is 31.0 Å². The van der Waals surface area contributed by atoms with Gasteiger partial charge in [-0.25, -0.2) is 4.68 Å². The normalized spacial score (nSPS) is 26.2. The van der Waals surface area contributed by atoms with Crippen molar-refractivity contribution in [1.29, 1.82) is 0 Å². The second-order valence-electron chi connectivity index (χ2n) is 6.76. The fourth-order valence-corrected chi connectivity index (χ4v) is 3.60. The van der Waals surface area contributed by atoms with E-state index in [0.717, 1.165) is 12.8 Å². The smallest absolute Gasteiger partial charge is 0.289 e. The van der Waals surface area contributed by atoms with E-state index in [9.17, 15) is 9.59 Å². The number of furan rings is 1. The fourth-order valence-electron chi connectivity index (χ4n) is 3.60. The van der Waals surface area contributed by atoms with Crippen LogP contribution in [0.4, 0.5) is 0 Å². The van der Waals surface area contributed by atoms with Gasteiger partial charge < -0.3 is 18.8 Å². The third-order valence-electron chi connectivity index (χ3n) is 4.87. The van der Waals surface area contributed by atoms with E-state index in [2.05, 4.69) is 5.10 Å². The van der Waals surface area contributed by atoms with Crippen molar-refractivity contribution < 1.29 is 18.7 Å². The lowest BCUT2D eigenvalue weighted by Crippen LogP contribution is -2.47. The predicted molar refractivity (Wildman–Crippen MR) is 90.8 cm³/mol. The molecule has 1 amide bonds. The third kappa shape index (κ3) is 3.42. The number of ether oxygens (including phenoxy) is 2. The summed E-state index contributed by atoms with van der Waals surface area (Å²) in [5.41, 5.74) is -0.703. The van der Waals surface area contributed by atoms with Crippen LogP contribution in [0.3, 0.4) is 0 Å². The van der Waals surface area contributed by atoms with Crippen LogP contribution in [-0.4, -0.2) is 58.6 Å². The summed E-state index contributed by atoms with van der Waals surface area (Å²) in [4.78, 5) is 26.2. The molecule has 2 aromatic rings. The lowest BCUT2D eigenvalue weighted by atomic mass is 10.00. The Bertz CT molecular complexity index is 818. The number of rotatable bonds is 3. The van der Waals surface area contributed by atoms with Crippen molar-refractivity contribution in [2.75, 3.05) is 26.3 Å². The van der Waals surface area contributed by atoms with Gasteiger partial charge in [0.1, 0.15) is 5.60 Å². The molecule has 1 spiro atoms. The number of amides is 1. The molecule has 0 saturated carbocycles. The fraction of sp³-hybridized carbons (Fsp3) is 0.500. The van der Waals surface area contributed by atoms with E-state index < -0.39 is 5.60 Å². The minimum atomic E-state index is -0.554. The molecule has 138 valence electrons. The van der Waals surface area contributed by atoms with Crippen molar-refractivity contribution >= 4 is 5.91 Å². The van der Waals surface area contributed by atoms with Crippen LogP contribution in [0.25, 0.3) is 0 Å². The first-order valence-corrected chi connectivity index (χ1v) is 8.76. The number of carbonyl (C=O) groups is 1. The van der Waals surface area contributed by atoms with Crippen LogP contribution >= 0.6 is 0 Å². The van der Waals surface area contributed by atoms with Crippen LogP contribution in [0, 0.1) is 0 Å². The van der Waals surface area contributed by atoms with E-state index in [1.54, 1.807) is 29.3 Å². The Morgan fingerprint density at radius 1 is 1.35 bits per heavy atom. The standard InChI is InChI=1S/C18H21N3O5/c22-16-4-1-7-19-21(16)11-14-5-6-18(26-14)12-20(8-10-24-13-18)17(23)15-3-2-9-25-15/h1-4,7,9,14H,5-6,8,10-13H2. The van der Waals surface area contributed by atoms with Gasteiger partial charge in [0, 0.05) is 18.8 Å². The summed E-state index contributed by atoms with van der Waals surface area (Å²) in [7, 11) is 0. The first-order valence-electron chi connectivity index (χ1n) is 8.76. The molecule has 8 nitrogen and oxygen atoms in total. The third-order valence-corrected chi connectivity index (χ3v) is 4.87. The lowest BCUT2D eigenvalue weighted by Gasteiger charge is -2.31. The highest BCUT2D eigenvalue weighted by Gasteiger charge is 2.44. The summed E-state index contributed by atoms with van der Waals surface area (Å²) in [5.74, 6) is 0.157. The highest BCUT2D eigenvalue weighted by molar-refractivity contribution is 5.91. The molecular weight excluding hydrogens is 338 g/mol. The van der Waals surface area contributed by atoms with Crippen molar-refractivity contribution in [3.63, 3.8) is 0 Å². The topological polar surface area (TPSA) is 86.8 Å². The molecule has 0 radical (unpaired) electrons. The predicted octanol–water partition coefficient (Wildman–Crippen LogP) is 0.927. The second kappa shape index (κ2) is 7.05. The summed E-state index contributed by atoms with van der Waals surface area (Å²) >= 11 is 0. The quantitative estimate of drug-likeness (QED) is 0.810. The minimum absolute atomic E-state index is 0.134. The second-order valence-corrected chi connectivity index (χ2v) is 6.76. The summed E-state index contributed by atoms with van der Waals surface area (Å²) < 4.78 is 18.6. The summed E-state index contributed by atoms with van der Waals surface area (Å²) in [5, 5.41) is 4.09. The monoisotopic (exact) mass is 359 g/mol. The van der Waals surface area contributed by atoms with E-state index in [4.69, 9.17) is 13.9 Å². The average Bonchev–Trinajstić information content (AvgIpc) is 3.25. The van der Waals surface area contributed by atoms with Gasteiger partial charge in [0.25, 0.3) is 11.5 Å². The number of hydrogen-bond acceptors (Lipinski definition) is 6. The molecule has 4 heterocycles. The molecule has 0 aromatic carbocycles. The van der Waals surface area contributed by atoms with Crippen LogP contribution in [0.2, 0.25) is 0 Å². The number of aromatic nitrogens is 2. The average molecular weight is 359 g/mol. The van der Waals surface area contributed by atoms with Gasteiger partial charge in [-0.2, -0.15) is 5.10 Å². The van der Waals surface area contributed by atoms with Crippen LogP contribution in [0.15, 0.2) is 45.9 Å². The molecule has 2 aliphatic rings. The van der Waals surface area contributed by atoms with Gasteiger partial charge in [0.05, 0.1) is 38.7 Å². The molecule has 0 aliphatic carbocycles. The Balaban J connectivity index is 1.46. The van der Waals surface area contributed by atoms with Crippen LogP contribution in [0.1, 0.15) is 23.4 Å². The minimum Gasteiger partial charge on any atom is -0.459 e. The van der Waals surface area contributed by atoms with Crippen LogP contribution < -0.4 is 5.56 Å². The summed E-state index contributed by atoms with van der Waals surface area (Å²) in [6.45, 7) is 2.23. The Hall–Kier alpha value is -2.45. The van der Waals surface area contributed by atoms with E-state index >= 15 is 0 Å². The first kappa shape index (κ1) is 17.0. The molecule has 4 rings (SSSR count). The van der Waals surface area contributed by atoms with Gasteiger partial charge in [0.2, 0.25) is 0 Å². The lowest BCUT2D eigenvalue weighted by molar-refractivity contribution is -0.0884. The van der Waals surface area contributed by atoms with Crippen LogP contribution in [0.5, 0.6) is 0 Å². The summed E-state index contributed by atoms with van der Waals surface area (Å²) in [6, 6.07) is 6.46. The van der Waals surface area contributed by atoms with Crippen LogP contribution in [-0.2, 0) is 16.0 Å². The Morgan fingerprint density at radius 3 is 3.08 bits per heavy atom. The van der Waals surface area contributed by atoms with Crippen molar-refractivity contribution in [2.24, 2.45) is 0 Å². The molecule has 0 N–H and O–H groups in total. The number of nitrogens with zero attached hydrogens (tertiary/aromatic N) is 3. The zero-order chi connectivity index (χ0) is 18.0. The molecular formula is C18H21N3O5. The van der Waals surface area contributed by atoms with Gasteiger partial charge >= 0.3 is 0 Å². The largest absolute Gasteiger partial charge is 0.459 e. The Labute approximate surface area is 150 Å². The first-order chi connectivity index (χ1) is 12.7. The number of carbonyl (C=O) groups excluding carboxylic acids is 1. The molecule has 0 bridgehead atoms. The Morgan fingerprint density at radius 2 is 2.27 bits per heavy atom. The SMILES string of the molecule is O=C(c1ccco1)N1CCOCC2(CCC(Cn3ncccc3=O)O2)C1. The highest BCUT2D eigenvalue weighted by atomic mass is 16.6. The van der Waals surface area contributed by atoms with Crippen molar-refractivity contribution in [3.05, 3.63) is 52.8 Å².